The predicted molar refractivity (Wildman–Crippen MR) is 107 cm³/mol. The van der Waals surface area contributed by atoms with E-state index in [9.17, 15) is 4.79 Å². The Hall–Kier alpha value is -1.91. The van der Waals surface area contributed by atoms with E-state index in [0.29, 0.717) is 13.0 Å². The van der Waals surface area contributed by atoms with Crippen molar-refractivity contribution in [2.75, 3.05) is 6.61 Å². The van der Waals surface area contributed by atoms with Gasteiger partial charge >= 0.3 is 0 Å². The van der Waals surface area contributed by atoms with Crippen LogP contribution < -0.4 is 16.1 Å². The summed E-state index contributed by atoms with van der Waals surface area (Å²) < 4.78 is 6.73. The number of carbonyl (C=O) groups excluding carboxylic acids is 1. The summed E-state index contributed by atoms with van der Waals surface area (Å²) in [6, 6.07) is 21.2. The van der Waals surface area contributed by atoms with Crippen LogP contribution in [-0.4, -0.2) is 20.8 Å². The molecule has 0 aliphatic carbocycles. The van der Waals surface area contributed by atoms with Gasteiger partial charge in [-0.2, -0.15) is 0 Å². The Kier molecular flexibility index (Phi) is 6.56. The molecule has 25 heavy (non-hydrogen) atoms. The lowest BCUT2D eigenvalue weighted by molar-refractivity contribution is -0.118. The third-order valence-corrected chi connectivity index (χ3v) is 9.60. The second-order valence-electron chi connectivity index (χ2n) is 7.44. The minimum atomic E-state index is -2.44. The zero-order chi connectivity index (χ0) is 18.3. The largest absolute Gasteiger partial charge is 0.407 e. The number of hydrogen-bond donors (Lipinski definition) is 1. The molecule has 0 saturated heterocycles. The predicted octanol–water partition coefficient (Wildman–Crippen LogP) is 3.22. The summed E-state index contributed by atoms with van der Waals surface area (Å²) in [7, 11) is -2.44. The fourth-order valence-corrected chi connectivity index (χ4v) is 7.99. The van der Waals surface area contributed by atoms with E-state index in [2.05, 4.69) is 69.3 Å². The molecule has 4 heteroatoms. The Morgan fingerprint density at radius 1 is 0.920 bits per heavy atom. The average molecular weight is 356 g/mol. The van der Waals surface area contributed by atoms with Crippen LogP contribution in [0.5, 0.6) is 0 Å². The Morgan fingerprint density at radius 2 is 1.40 bits per heavy atom. The highest BCUT2D eigenvalue weighted by atomic mass is 28.4. The molecule has 2 aromatic carbocycles. The summed E-state index contributed by atoms with van der Waals surface area (Å²) >= 11 is 0. The van der Waals surface area contributed by atoms with Crippen LogP contribution in [0.1, 0.15) is 40.0 Å². The van der Waals surface area contributed by atoms with Gasteiger partial charge in [0.05, 0.1) is 0 Å². The second kappa shape index (κ2) is 8.45. The van der Waals surface area contributed by atoms with Crippen molar-refractivity contribution in [3.8, 4) is 0 Å². The van der Waals surface area contributed by atoms with Gasteiger partial charge < -0.3 is 10.2 Å². The van der Waals surface area contributed by atoms with Crippen LogP contribution in [0, 0.1) is 0 Å². The molecule has 0 aliphatic rings. The van der Waals surface area contributed by atoms with E-state index < -0.39 is 8.32 Å². The van der Waals surface area contributed by atoms with E-state index in [4.69, 9.17) is 10.2 Å². The van der Waals surface area contributed by atoms with E-state index in [-0.39, 0.29) is 10.9 Å². The molecule has 0 bridgehead atoms. The number of nitrogens with two attached hydrogens (primary N) is 1. The van der Waals surface area contributed by atoms with Gasteiger partial charge in [-0.05, 0) is 28.3 Å². The third kappa shape index (κ3) is 4.59. The highest BCUT2D eigenvalue weighted by Gasteiger charge is 2.49. The van der Waals surface area contributed by atoms with Crippen LogP contribution >= 0.6 is 0 Å². The van der Waals surface area contributed by atoms with Gasteiger partial charge in [0.2, 0.25) is 5.91 Å². The molecule has 2 rings (SSSR count). The van der Waals surface area contributed by atoms with Gasteiger partial charge in [-0.1, -0.05) is 81.4 Å². The fourth-order valence-electron chi connectivity index (χ4n) is 3.39. The van der Waals surface area contributed by atoms with Gasteiger partial charge in [0.1, 0.15) is 0 Å². The standard InChI is InChI=1S/C21H29NO2Si/c1-21(2,3)25(18-12-6-4-7-13-18,19-14-8-5-9-15-19)24-17-11-10-16-20(22)23/h4-9,12-15H,10-11,16-17H2,1-3H3,(H2,22,23). The average Bonchev–Trinajstić information content (AvgIpc) is 2.58. The molecule has 0 unspecified atom stereocenters. The molecule has 0 aliphatic heterocycles. The maximum absolute atomic E-state index is 11.0. The summed E-state index contributed by atoms with van der Waals surface area (Å²) in [6.45, 7) is 7.44. The van der Waals surface area contributed by atoms with Crippen molar-refractivity contribution in [2.24, 2.45) is 5.73 Å². The van der Waals surface area contributed by atoms with Crippen molar-refractivity contribution in [1.82, 2.24) is 0 Å². The summed E-state index contributed by atoms with van der Waals surface area (Å²) in [4.78, 5) is 11.0. The second-order valence-corrected chi connectivity index (χ2v) is 11.7. The molecular weight excluding hydrogens is 326 g/mol. The molecule has 0 fully saturated rings. The number of hydrogen-bond acceptors (Lipinski definition) is 2. The van der Waals surface area contributed by atoms with Gasteiger partial charge in [0.15, 0.2) is 0 Å². The molecule has 2 N–H and O–H groups in total. The summed E-state index contributed by atoms with van der Waals surface area (Å²) in [5, 5.41) is 2.55. The van der Waals surface area contributed by atoms with E-state index in [1.54, 1.807) is 0 Å². The van der Waals surface area contributed by atoms with Gasteiger partial charge in [-0.15, -0.1) is 0 Å². The van der Waals surface area contributed by atoms with Crippen LogP contribution in [0.15, 0.2) is 60.7 Å². The van der Waals surface area contributed by atoms with Crippen molar-refractivity contribution in [1.29, 1.82) is 0 Å². The topological polar surface area (TPSA) is 52.3 Å². The minimum Gasteiger partial charge on any atom is -0.407 e. The lowest BCUT2D eigenvalue weighted by atomic mass is 10.2. The lowest BCUT2D eigenvalue weighted by Gasteiger charge is -2.43. The van der Waals surface area contributed by atoms with Gasteiger partial charge in [-0.25, -0.2) is 0 Å². The molecule has 0 aromatic heterocycles. The highest BCUT2D eigenvalue weighted by Crippen LogP contribution is 2.36. The molecule has 0 spiro atoms. The monoisotopic (exact) mass is 355 g/mol. The van der Waals surface area contributed by atoms with E-state index in [0.717, 1.165) is 12.8 Å². The number of primary amides is 1. The lowest BCUT2D eigenvalue weighted by Crippen LogP contribution is -2.66. The van der Waals surface area contributed by atoms with Gasteiger partial charge in [-0.3, -0.25) is 4.79 Å². The highest BCUT2D eigenvalue weighted by molar-refractivity contribution is 6.99. The minimum absolute atomic E-state index is 0.0145. The number of carbonyl (C=O) groups is 1. The molecule has 0 atom stereocenters. The fraction of sp³-hybridized carbons (Fsp3) is 0.381. The third-order valence-electron chi connectivity index (χ3n) is 4.55. The van der Waals surface area contributed by atoms with Crippen molar-refractivity contribution >= 4 is 24.6 Å². The quantitative estimate of drug-likeness (QED) is 0.584. The first-order chi connectivity index (χ1) is 11.9. The summed E-state index contributed by atoms with van der Waals surface area (Å²) in [5.74, 6) is -0.245. The SMILES string of the molecule is CC(C)(C)[Si](OCCCCC(N)=O)(c1ccccc1)c1ccccc1. The summed E-state index contributed by atoms with van der Waals surface area (Å²) in [5.41, 5.74) is 5.24. The van der Waals surface area contributed by atoms with Crippen LogP contribution in [0.4, 0.5) is 0 Å². The summed E-state index contributed by atoms with van der Waals surface area (Å²) in [6.07, 6.45) is 2.03. The smallest absolute Gasteiger partial charge is 0.261 e. The molecule has 0 saturated carbocycles. The first kappa shape index (κ1) is 19.4. The number of unbranched alkanes of at least 4 members (excludes halogenated alkanes) is 1. The number of amides is 1. The Bertz CT molecular complexity index is 626. The Labute approximate surface area is 152 Å². The van der Waals surface area contributed by atoms with Crippen molar-refractivity contribution < 1.29 is 9.22 Å². The molecule has 134 valence electrons. The van der Waals surface area contributed by atoms with Crippen LogP contribution in [0.3, 0.4) is 0 Å². The Balaban J connectivity index is 2.37. The molecule has 1 amide bonds. The van der Waals surface area contributed by atoms with Crippen LogP contribution in [-0.2, 0) is 9.22 Å². The molecule has 2 aromatic rings. The maximum atomic E-state index is 11.0. The Morgan fingerprint density at radius 3 is 1.80 bits per heavy atom. The first-order valence-corrected chi connectivity index (χ1v) is 10.8. The first-order valence-electron chi connectivity index (χ1n) is 8.91. The van der Waals surface area contributed by atoms with Gasteiger partial charge in [0, 0.05) is 13.0 Å². The molecule has 0 radical (unpaired) electrons. The van der Waals surface area contributed by atoms with Crippen molar-refractivity contribution in [3.63, 3.8) is 0 Å². The van der Waals surface area contributed by atoms with E-state index in [1.165, 1.54) is 10.4 Å². The number of benzene rings is 2. The zero-order valence-corrected chi connectivity index (χ0v) is 16.5. The van der Waals surface area contributed by atoms with Crippen molar-refractivity contribution in [2.45, 2.75) is 45.1 Å². The van der Waals surface area contributed by atoms with Crippen LogP contribution in [0.25, 0.3) is 0 Å². The molecule has 0 heterocycles. The van der Waals surface area contributed by atoms with E-state index in [1.807, 2.05) is 12.1 Å². The maximum Gasteiger partial charge on any atom is 0.261 e. The molecule has 3 nitrogen and oxygen atoms in total. The van der Waals surface area contributed by atoms with Gasteiger partial charge in [0.25, 0.3) is 8.32 Å². The van der Waals surface area contributed by atoms with Crippen LogP contribution in [0.2, 0.25) is 5.04 Å². The van der Waals surface area contributed by atoms with E-state index >= 15 is 0 Å². The van der Waals surface area contributed by atoms with Crippen molar-refractivity contribution in [3.05, 3.63) is 60.7 Å². The molecular formula is C21H29NO2Si. The normalized spacial score (nSPS) is 12.1. The zero-order valence-electron chi connectivity index (χ0n) is 15.5. The number of rotatable bonds is 8.